The molecule has 6 rings (SSSR count). The molecule has 0 radical (unpaired) electrons. The number of ether oxygens (including phenoxy) is 1. The van der Waals surface area contributed by atoms with Crippen molar-refractivity contribution < 1.29 is 18.3 Å². The van der Waals surface area contributed by atoms with E-state index in [9.17, 15) is 10.1 Å². The van der Waals surface area contributed by atoms with Crippen LogP contribution in [0.2, 0.25) is 0 Å². The molecular formula is C23H21F2N9O2. The largest absolute Gasteiger partial charge is 0.479 e. The Morgan fingerprint density at radius 2 is 2.11 bits per heavy atom. The van der Waals surface area contributed by atoms with Crippen molar-refractivity contribution in [3.63, 3.8) is 0 Å². The Kier molecular flexibility index (Phi) is 4.82. The molecule has 1 amide bonds. The Hall–Kier alpha value is -4.34. The maximum atomic E-state index is 15.1. The Balaban J connectivity index is 1.26. The number of methoxy groups -OCH3 is 1. The van der Waals surface area contributed by atoms with Crippen LogP contribution in [0.1, 0.15) is 19.3 Å². The number of carbonyl (C=O) groups is 1. The van der Waals surface area contributed by atoms with Crippen molar-refractivity contribution in [1.29, 1.82) is 5.26 Å². The van der Waals surface area contributed by atoms with Crippen LogP contribution in [0.15, 0.2) is 36.9 Å². The van der Waals surface area contributed by atoms with Crippen LogP contribution in [0.25, 0.3) is 22.3 Å². The molecule has 4 aromatic rings. The van der Waals surface area contributed by atoms with Crippen LogP contribution in [0.4, 0.5) is 14.7 Å². The van der Waals surface area contributed by atoms with E-state index < -0.39 is 29.8 Å². The van der Waals surface area contributed by atoms with Gasteiger partial charge in [-0.05, 0) is 37.5 Å². The predicted octanol–water partition coefficient (Wildman–Crippen LogP) is 2.40. The SMILES string of the molecule is COc1nc(NC2CCN(C(=O)C3(C#N)CC3)CC2(F)F)nn2ccc(-c3ccc4ncnn4c3)c12. The van der Waals surface area contributed by atoms with Gasteiger partial charge in [-0.15, -0.1) is 5.10 Å². The molecule has 1 N–H and O–H groups in total. The predicted molar refractivity (Wildman–Crippen MR) is 122 cm³/mol. The zero-order valence-electron chi connectivity index (χ0n) is 19.2. The third-order valence-electron chi connectivity index (χ3n) is 6.82. The molecule has 1 aliphatic heterocycles. The number of hydrogen-bond acceptors (Lipinski definition) is 8. The van der Waals surface area contributed by atoms with E-state index in [1.54, 1.807) is 10.7 Å². The minimum Gasteiger partial charge on any atom is -0.479 e. The van der Waals surface area contributed by atoms with Crippen molar-refractivity contribution >= 4 is 23.0 Å². The number of likely N-dealkylation sites (tertiary alicyclic amines) is 1. The molecule has 1 saturated heterocycles. The van der Waals surface area contributed by atoms with E-state index in [1.165, 1.54) is 18.0 Å². The van der Waals surface area contributed by atoms with Gasteiger partial charge >= 0.3 is 0 Å². The van der Waals surface area contributed by atoms with E-state index in [2.05, 4.69) is 25.5 Å². The van der Waals surface area contributed by atoms with Gasteiger partial charge in [0, 0.05) is 30.1 Å². The first-order valence-corrected chi connectivity index (χ1v) is 11.4. The van der Waals surface area contributed by atoms with Gasteiger partial charge in [0.1, 0.15) is 17.3 Å². The average molecular weight is 493 g/mol. The summed E-state index contributed by atoms with van der Waals surface area (Å²) in [6.07, 6.45) is 5.80. The summed E-state index contributed by atoms with van der Waals surface area (Å²) in [7, 11) is 1.45. The lowest BCUT2D eigenvalue weighted by Crippen LogP contribution is -2.57. The molecule has 0 spiro atoms. The van der Waals surface area contributed by atoms with Gasteiger partial charge in [-0.3, -0.25) is 4.79 Å². The summed E-state index contributed by atoms with van der Waals surface area (Å²) in [6.45, 7) is -0.641. The highest BCUT2D eigenvalue weighted by Gasteiger charge is 2.56. The fourth-order valence-electron chi connectivity index (χ4n) is 4.65. The number of nitrogens with zero attached hydrogens (tertiary/aromatic N) is 8. The van der Waals surface area contributed by atoms with Gasteiger partial charge in [0.15, 0.2) is 5.65 Å². The summed E-state index contributed by atoms with van der Waals surface area (Å²) in [5.74, 6) is -3.55. The van der Waals surface area contributed by atoms with Gasteiger partial charge in [0.2, 0.25) is 17.7 Å². The molecule has 0 bridgehead atoms. The molecular weight excluding hydrogens is 472 g/mol. The molecule has 2 aliphatic rings. The van der Waals surface area contributed by atoms with Gasteiger partial charge in [0.25, 0.3) is 5.92 Å². The smallest absolute Gasteiger partial charge is 0.285 e. The van der Waals surface area contributed by atoms with Gasteiger partial charge in [0.05, 0.1) is 25.8 Å². The van der Waals surface area contributed by atoms with Crippen molar-refractivity contribution in [2.45, 2.75) is 31.2 Å². The molecule has 1 atom stereocenters. The van der Waals surface area contributed by atoms with E-state index in [0.29, 0.717) is 24.0 Å². The number of halogens is 2. The molecule has 5 heterocycles. The number of aromatic nitrogens is 6. The van der Waals surface area contributed by atoms with Crippen LogP contribution in [0.5, 0.6) is 5.88 Å². The lowest BCUT2D eigenvalue weighted by atomic mass is 9.98. The highest BCUT2D eigenvalue weighted by molar-refractivity contribution is 5.88. The molecule has 1 aliphatic carbocycles. The van der Waals surface area contributed by atoms with Crippen LogP contribution in [-0.4, -0.2) is 72.2 Å². The zero-order valence-corrected chi connectivity index (χ0v) is 19.2. The monoisotopic (exact) mass is 493 g/mol. The molecule has 1 unspecified atom stereocenters. The van der Waals surface area contributed by atoms with Gasteiger partial charge in [-0.25, -0.2) is 22.8 Å². The van der Waals surface area contributed by atoms with E-state index in [-0.39, 0.29) is 24.8 Å². The number of nitrogens with one attached hydrogen (secondary N) is 1. The summed E-state index contributed by atoms with van der Waals surface area (Å²) in [5.41, 5.74) is 1.75. The number of carbonyl (C=O) groups excluding carboxylic acids is 1. The van der Waals surface area contributed by atoms with Crippen LogP contribution in [0, 0.1) is 16.7 Å². The number of rotatable bonds is 5. The second-order valence-corrected chi connectivity index (χ2v) is 9.12. The molecule has 1 saturated carbocycles. The fourth-order valence-corrected chi connectivity index (χ4v) is 4.65. The normalized spacial score (nSPS) is 20.3. The number of amides is 1. The number of pyridine rings is 1. The number of hydrogen-bond donors (Lipinski definition) is 1. The van der Waals surface area contributed by atoms with Crippen molar-refractivity contribution in [3.05, 3.63) is 36.9 Å². The minimum atomic E-state index is -3.24. The Labute approximate surface area is 203 Å². The minimum absolute atomic E-state index is 0.0151. The number of nitriles is 1. The third kappa shape index (κ3) is 3.48. The summed E-state index contributed by atoms with van der Waals surface area (Å²) >= 11 is 0. The van der Waals surface area contributed by atoms with E-state index in [4.69, 9.17) is 4.74 Å². The Morgan fingerprint density at radius 3 is 2.83 bits per heavy atom. The van der Waals surface area contributed by atoms with E-state index >= 15 is 8.78 Å². The quantitative estimate of drug-likeness (QED) is 0.449. The van der Waals surface area contributed by atoms with Crippen LogP contribution in [0.3, 0.4) is 0 Å². The Morgan fingerprint density at radius 1 is 1.28 bits per heavy atom. The summed E-state index contributed by atoms with van der Waals surface area (Å²) < 4.78 is 38.8. The summed E-state index contributed by atoms with van der Waals surface area (Å²) in [5, 5.41) is 20.5. The maximum absolute atomic E-state index is 15.1. The van der Waals surface area contributed by atoms with Crippen molar-refractivity contribution in [3.8, 4) is 23.1 Å². The van der Waals surface area contributed by atoms with E-state index in [0.717, 1.165) is 16.0 Å². The highest BCUT2D eigenvalue weighted by atomic mass is 19.3. The summed E-state index contributed by atoms with van der Waals surface area (Å²) in [6, 6.07) is 6.24. The first-order valence-electron chi connectivity index (χ1n) is 11.4. The second kappa shape index (κ2) is 7.84. The zero-order chi connectivity index (χ0) is 25.1. The van der Waals surface area contributed by atoms with Gasteiger partial charge in [-0.2, -0.15) is 15.3 Å². The highest BCUT2D eigenvalue weighted by Crippen LogP contribution is 2.47. The maximum Gasteiger partial charge on any atom is 0.285 e. The molecule has 2 fully saturated rings. The van der Waals surface area contributed by atoms with Gasteiger partial charge in [-0.1, -0.05) is 0 Å². The van der Waals surface area contributed by atoms with E-state index in [1.807, 2.05) is 30.5 Å². The first-order chi connectivity index (χ1) is 17.3. The molecule has 4 aromatic heterocycles. The van der Waals surface area contributed by atoms with Crippen LogP contribution in [-0.2, 0) is 4.79 Å². The number of fused-ring (bicyclic) bond motifs is 2. The second-order valence-electron chi connectivity index (χ2n) is 9.12. The standard InChI is InChI=1S/C23H21F2N9O2/c1-36-19-18-15(14-2-3-17-27-13-28-34(17)10-14)4-9-33(18)31-21(30-19)29-16-5-8-32(12-23(16,24)25)20(35)22(11-26)6-7-22/h2-4,9-10,13,16H,5-8,12H2,1H3,(H,29,31). The molecule has 36 heavy (non-hydrogen) atoms. The van der Waals surface area contributed by atoms with Crippen LogP contribution >= 0.6 is 0 Å². The number of piperidine rings is 1. The van der Waals surface area contributed by atoms with Gasteiger partial charge < -0.3 is 15.0 Å². The Bertz CT molecular complexity index is 1540. The number of alkyl halides is 2. The molecule has 13 heteroatoms. The topological polar surface area (TPSA) is 126 Å². The first kappa shape index (κ1) is 22.1. The molecule has 11 nitrogen and oxygen atoms in total. The third-order valence-corrected chi connectivity index (χ3v) is 6.82. The van der Waals surface area contributed by atoms with Crippen molar-refractivity contribution in [1.82, 2.24) is 34.1 Å². The lowest BCUT2D eigenvalue weighted by molar-refractivity contribution is -0.146. The average Bonchev–Trinajstić information content (AvgIpc) is 3.33. The van der Waals surface area contributed by atoms with Crippen molar-refractivity contribution in [2.24, 2.45) is 5.41 Å². The molecule has 0 aromatic carbocycles. The number of anilines is 1. The lowest BCUT2D eigenvalue weighted by Gasteiger charge is -2.39. The summed E-state index contributed by atoms with van der Waals surface area (Å²) in [4.78, 5) is 22.2. The van der Waals surface area contributed by atoms with Crippen molar-refractivity contribution in [2.75, 3.05) is 25.5 Å². The molecule has 184 valence electrons. The van der Waals surface area contributed by atoms with Crippen LogP contribution < -0.4 is 10.1 Å². The fraction of sp³-hybridized carbons (Fsp3) is 0.391.